The van der Waals surface area contributed by atoms with Gasteiger partial charge in [-0.05, 0) is 39.8 Å². The first kappa shape index (κ1) is 12.5. The van der Waals surface area contributed by atoms with Crippen molar-refractivity contribution in [2.24, 2.45) is 0 Å². The van der Waals surface area contributed by atoms with E-state index >= 15 is 0 Å². The van der Waals surface area contributed by atoms with Gasteiger partial charge in [0.15, 0.2) is 0 Å². The topological polar surface area (TPSA) is 45.2 Å². The molecule has 4 nitrogen and oxygen atoms in total. The van der Waals surface area contributed by atoms with Crippen molar-refractivity contribution < 1.29 is 4.79 Å². The quantitative estimate of drug-likeness (QED) is 0.887. The van der Waals surface area contributed by atoms with Crippen molar-refractivity contribution in [3.8, 4) is 0 Å². The number of nitrogens with one attached hydrogen (secondary N) is 1. The van der Waals surface area contributed by atoms with Crippen molar-refractivity contribution in [3.05, 3.63) is 16.1 Å². The summed E-state index contributed by atoms with van der Waals surface area (Å²) in [5.74, 6) is 0.0102. The van der Waals surface area contributed by atoms with Gasteiger partial charge in [-0.3, -0.25) is 9.69 Å². The molecule has 1 amide bonds. The number of likely N-dealkylation sites (tertiary alicyclic amines) is 1. The van der Waals surface area contributed by atoms with Crippen molar-refractivity contribution in [3.63, 3.8) is 0 Å². The number of rotatable bonds is 4. The van der Waals surface area contributed by atoms with Gasteiger partial charge in [-0.25, -0.2) is 4.98 Å². The third kappa shape index (κ3) is 3.04. The highest BCUT2D eigenvalue weighted by atomic mass is 32.1. The highest BCUT2D eigenvalue weighted by Crippen LogP contribution is 2.13. The SMILES string of the molecule is Cc1ncsc1C(=O)NC[C@H](C)N1CCCC1. The van der Waals surface area contributed by atoms with E-state index in [2.05, 4.69) is 22.1 Å². The molecule has 0 saturated carbocycles. The van der Waals surface area contributed by atoms with E-state index < -0.39 is 0 Å². The fraction of sp³-hybridized carbons (Fsp3) is 0.667. The lowest BCUT2D eigenvalue weighted by Crippen LogP contribution is -2.40. The molecule has 17 heavy (non-hydrogen) atoms. The first-order chi connectivity index (χ1) is 8.18. The van der Waals surface area contributed by atoms with Crippen LogP contribution in [0.3, 0.4) is 0 Å². The van der Waals surface area contributed by atoms with Gasteiger partial charge in [0.1, 0.15) is 4.88 Å². The molecule has 0 aromatic carbocycles. The lowest BCUT2D eigenvalue weighted by atomic mass is 10.3. The number of carbonyl (C=O) groups is 1. The molecule has 0 aliphatic carbocycles. The Bertz CT molecular complexity index is 385. The lowest BCUT2D eigenvalue weighted by Gasteiger charge is -2.23. The van der Waals surface area contributed by atoms with Gasteiger partial charge in [0, 0.05) is 12.6 Å². The van der Waals surface area contributed by atoms with Gasteiger partial charge in [-0.1, -0.05) is 0 Å². The lowest BCUT2D eigenvalue weighted by molar-refractivity contribution is 0.0943. The van der Waals surface area contributed by atoms with Crippen LogP contribution in [0.15, 0.2) is 5.51 Å². The molecular weight excluding hydrogens is 234 g/mol. The first-order valence-corrected chi connectivity index (χ1v) is 6.99. The largest absolute Gasteiger partial charge is 0.350 e. The Morgan fingerprint density at radius 2 is 2.29 bits per heavy atom. The zero-order chi connectivity index (χ0) is 12.3. The van der Waals surface area contributed by atoms with E-state index in [0.29, 0.717) is 6.04 Å². The van der Waals surface area contributed by atoms with Gasteiger partial charge in [0.2, 0.25) is 0 Å². The van der Waals surface area contributed by atoms with Gasteiger partial charge in [-0.2, -0.15) is 0 Å². The van der Waals surface area contributed by atoms with E-state index in [4.69, 9.17) is 0 Å². The van der Waals surface area contributed by atoms with Gasteiger partial charge in [0.05, 0.1) is 11.2 Å². The summed E-state index contributed by atoms with van der Waals surface area (Å²) in [4.78, 5) is 19.1. The second kappa shape index (κ2) is 5.60. The molecule has 1 atom stereocenters. The smallest absolute Gasteiger partial charge is 0.263 e. The van der Waals surface area contributed by atoms with E-state index in [9.17, 15) is 4.79 Å². The van der Waals surface area contributed by atoms with Gasteiger partial charge in [0.25, 0.3) is 5.91 Å². The molecule has 1 aromatic heterocycles. The maximum atomic E-state index is 11.9. The number of amides is 1. The van der Waals surface area contributed by atoms with E-state index in [0.717, 1.165) is 30.2 Å². The van der Waals surface area contributed by atoms with Crippen LogP contribution in [-0.2, 0) is 0 Å². The van der Waals surface area contributed by atoms with E-state index in [-0.39, 0.29) is 5.91 Å². The van der Waals surface area contributed by atoms with Gasteiger partial charge in [-0.15, -0.1) is 11.3 Å². The normalized spacial score (nSPS) is 18.2. The van der Waals surface area contributed by atoms with E-state index in [1.165, 1.54) is 24.2 Å². The summed E-state index contributed by atoms with van der Waals surface area (Å²) < 4.78 is 0. The minimum absolute atomic E-state index is 0.0102. The molecule has 1 aliphatic rings. The Labute approximate surface area is 106 Å². The first-order valence-electron chi connectivity index (χ1n) is 6.11. The molecule has 1 aromatic rings. The Balaban J connectivity index is 1.82. The predicted molar refractivity (Wildman–Crippen MR) is 69.5 cm³/mol. The minimum Gasteiger partial charge on any atom is -0.350 e. The fourth-order valence-electron chi connectivity index (χ4n) is 2.15. The van der Waals surface area contributed by atoms with Crippen LogP contribution < -0.4 is 5.32 Å². The molecule has 2 heterocycles. The Morgan fingerprint density at radius 1 is 1.59 bits per heavy atom. The van der Waals surface area contributed by atoms with E-state index in [1.807, 2.05) is 6.92 Å². The van der Waals surface area contributed by atoms with Crippen molar-refractivity contribution in [1.82, 2.24) is 15.2 Å². The summed E-state index contributed by atoms with van der Waals surface area (Å²) in [7, 11) is 0. The van der Waals surface area contributed by atoms with Gasteiger partial charge >= 0.3 is 0 Å². The number of aryl methyl sites for hydroxylation is 1. The maximum Gasteiger partial charge on any atom is 0.263 e. The number of aromatic nitrogens is 1. The summed E-state index contributed by atoms with van der Waals surface area (Å²) in [6.45, 7) is 7.09. The molecular formula is C12H19N3OS. The Kier molecular flexibility index (Phi) is 4.12. The molecule has 0 spiro atoms. The van der Waals surface area contributed by atoms with Crippen LogP contribution in [0.1, 0.15) is 35.1 Å². The second-order valence-corrected chi connectivity index (χ2v) is 5.42. The third-order valence-corrected chi connectivity index (χ3v) is 4.20. The van der Waals surface area contributed by atoms with Crippen molar-refractivity contribution in [1.29, 1.82) is 0 Å². The minimum atomic E-state index is 0.0102. The van der Waals surface area contributed by atoms with Crippen LogP contribution in [-0.4, -0.2) is 41.5 Å². The van der Waals surface area contributed by atoms with Crippen LogP contribution in [0.4, 0.5) is 0 Å². The molecule has 1 saturated heterocycles. The highest BCUT2D eigenvalue weighted by Gasteiger charge is 2.19. The van der Waals surface area contributed by atoms with Crippen molar-refractivity contribution in [2.75, 3.05) is 19.6 Å². The average molecular weight is 253 g/mol. The highest BCUT2D eigenvalue weighted by molar-refractivity contribution is 7.11. The summed E-state index contributed by atoms with van der Waals surface area (Å²) >= 11 is 1.40. The molecule has 0 radical (unpaired) electrons. The molecule has 0 unspecified atom stereocenters. The zero-order valence-corrected chi connectivity index (χ0v) is 11.2. The monoisotopic (exact) mass is 253 g/mol. The number of hydrogen-bond donors (Lipinski definition) is 1. The maximum absolute atomic E-state index is 11.9. The molecule has 5 heteroatoms. The zero-order valence-electron chi connectivity index (χ0n) is 10.4. The number of thiazole rings is 1. The van der Waals surface area contributed by atoms with Crippen molar-refractivity contribution >= 4 is 17.2 Å². The van der Waals surface area contributed by atoms with Crippen LogP contribution >= 0.6 is 11.3 Å². The summed E-state index contributed by atoms with van der Waals surface area (Å²) in [5, 5.41) is 2.99. The van der Waals surface area contributed by atoms with Gasteiger partial charge < -0.3 is 5.32 Å². The van der Waals surface area contributed by atoms with Crippen molar-refractivity contribution in [2.45, 2.75) is 32.7 Å². The van der Waals surface area contributed by atoms with Crippen LogP contribution in [0.25, 0.3) is 0 Å². The fourth-order valence-corrected chi connectivity index (χ4v) is 2.87. The molecule has 94 valence electrons. The summed E-state index contributed by atoms with van der Waals surface area (Å²) in [6, 6.07) is 0.426. The number of nitrogens with zero attached hydrogens (tertiary/aromatic N) is 2. The predicted octanol–water partition coefficient (Wildman–Crippen LogP) is 1.67. The molecule has 1 fully saturated rings. The summed E-state index contributed by atoms with van der Waals surface area (Å²) in [5.41, 5.74) is 2.54. The molecule has 0 bridgehead atoms. The summed E-state index contributed by atoms with van der Waals surface area (Å²) in [6.07, 6.45) is 2.57. The van der Waals surface area contributed by atoms with Crippen LogP contribution in [0, 0.1) is 6.92 Å². The molecule has 2 rings (SSSR count). The van der Waals surface area contributed by atoms with Crippen LogP contribution in [0.2, 0.25) is 0 Å². The Morgan fingerprint density at radius 3 is 2.88 bits per heavy atom. The third-order valence-electron chi connectivity index (χ3n) is 3.27. The number of hydrogen-bond acceptors (Lipinski definition) is 4. The van der Waals surface area contributed by atoms with Crippen LogP contribution in [0.5, 0.6) is 0 Å². The average Bonchev–Trinajstić information content (AvgIpc) is 2.95. The Hall–Kier alpha value is -0.940. The molecule has 1 N–H and O–H groups in total. The second-order valence-electron chi connectivity index (χ2n) is 4.57. The standard InChI is InChI=1S/C12H19N3OS/c1-9(15-5-3-4-6-15)7-13-12(16)11-10(2)14-8-17-11/h8-9H,3-7H2,1-2H3,(H,13,16)/t9-/m0/s1. The number of carbonyl (C=O) groups excluding carboxylic acids is 1. The van der Waals surface area contributed by atoms with E-state index in [1.54, 1.807) is 5.51 Å². The molecule has 1 aliphatic heterocycles.